The summed E-state index contributed by atoms with van der Waals surface area (Å²) < 4.78 is 23.8. The molecule has 0 radical (unpaired) electrons. The van der Waals surface area contributed by atoms with Crippen LogP contribution in [0.25, 0.3) is 11.1 Å². The Bertz CT molecular complexity index is 1410. The predicted molar refractivity (Wildman–Crippen MR) is 161 cm³/mol. The number of carbonyl (C=O) groups is 1. The van der Waals surface area contributed by atoms with Crippen molar-refractivity contribution in [3.05, 3.63) is 70.2 Å². The molecule has 2 aliphatic rings. The second-order valence-corrected chi connectivity index (χ2v) is 11.5. The van der Waals surface area contributed by atoms with E-state index >= 15 is 0 Å². The molecule has 0 saturated carbocycles. The molecule has 2 atom stereocenters. The smallest absolute Gasteiger partial charge is 0.320 e. The summed E-state index contributed by atoms with van der Waals surface area (Å²) in [6, 6.07) is 15.1. The maximum absolute atomic E-state index is 11.9. The third-order valence-corrected chi connectivity index (χ3v) is 8.20. The van der Waals surface area contributed by atoms with Gasteiger partial charge in [0.2, 0.25) is 0 Å². The van der Waals surface area contributed by atoms with Crippen LogP contribution in [0.2, 0.25) is 5.02 Å². The van der Waals surface area contributed by atoms with E-state index in [9.17, 15) is 15.0 Å². The Balaban J connectivity index is 1.37. The first-order valence-corrected chi connectivity index (χ1v) is 14.9. The number of benzene rings is 3. The minimum absolute atomic E-state index is 0.00151. The SMILES string of the molecule is Cc1c(COc2cc(OC[C@H](C)CO)c(CN3CCCC[C@H]3C(=O)O)cc2Cl)cccc1-c1ccc2c(c1)OCCO2. The van der Waals surface area contributed by atoms with Gasteiger partial charge in [-0.1, -0.05) is 49.2 Å². The normalized spacial score (nSPS) is 17.5. The van der Waals surface area contributed by atoms with E-state index in [1.165, 1.54) is 0 Å². The number of likely N-dealkylation sites (tertiary alicyclic amines) is 1. The number of rotatable bonds is 11. The van der Waals surface area contributed by atoms with Gasteiger partial charge < -0.3 is 29.2 Å². The second-order valence-electron chi connectivity index (χ2n) is 11.0. The van der Waals surface area contributed by atoms with E-state index in [1.807, 2.05) is 48.2 Å². The van der Waals surface area contributed by atoms with Gasteiger partial charge in [0.1, 0.15) is 37.4 Å². The highest BCUT2D eigenvalue weighted by Crippen LogP contribution is 2.38. The molecular formula is C33H38ClNO7. The molecule has 0 bridgehead atoms. The summed E-state index contributed by atoms with van der Waals surface area (Å²) in [6.07, 6.45) is 2.46. The number of aliphatic hydroxyl groups is 1. The maximum Gasteiger partial charge on any atom is 0.320 e. The predicted octanol–water partition coefficient (Wildman–Crippen LogP) is 6.11. The van der Waals surface area contributed by atoms with E-state index in [4.69, 9.17) is 30.5 Å². The Morgan fingerprint density at radius 2 is 1.86 bits per heavy atom. The standard InChI is InChI=1S/C33H38ClNO7/c1-21(18-36)19-41-30-16-31(27(34)14-25(30)17-35-11-4-3-8-28(35)33(37)38)42-20-24-6-5-7-26(22(24)2)23-9-10-29-32(15-23)40-13-12-39-29/h5-7,9-10,14-16,21,28,36H,3-4,8,11-13,17-20H2,1-2H3,(H,37,38)/t21-,28+/m1/s1. The zero-order valence-corrected chi connectivity index (χ0v) is 24.9. The number of hydrogen-bond donors (Lipinski definition) is 2. The zero-order valence-electron chi connectivity index (χ0n) is 24.1. The molecule has 0 amide bonds. The minimum Gasteiger partial charge on any atom is -0.493 e. The van der Waals surface area contributed by atoms with E-state index in [2.05, 4.69) is 13.0 Å². The number of carboxylic acid groups (broad SMARTS) is 1. The van der Waals surface area contributed by atoms with Crippen molar-refractivity contribution in [3.63, 3.8) is 0 Å². The first-order valence-electron chi connectivity index (χ1n) is 14.5. The highest BCUT2D eigenvalue weighted by atomic mass is 35.5. The average Bonchev–Trinajstić information content (AvgIpc) is 3.00. The molecule has 5 rings (SSSR count). The van der Waals surface area contributed by atoms with Crippen molar-refractivity contribution in [2.24, 2.45) is 5.92 Å². The van der Waals surface area contributed by atoms with E-state index in [0.717, 1.165) is 52.2 Å². The quantitative estimate of drug-likeness (QED) is 0.274. The fourth-order valence-corrected chi connectivity index (χ4v) is 5.67. The topological polar surface area (TPSA) is 97.7 Å². The van der Waals surface area contributed by atoms with Crippen LogP contribution in [-0.2, 0) is 17.9 Å². The van der Waals surface area contributed by atoms with Crippen LogP contribution in [0.3, 0.4) is 0 Å². The number of nitrogens with zero attached hydrogens (tertiary/aromatic N) is 1. The third-order valence-electron chi connectivity index (χ3n) is 7.90. The van der Waals surface area contributed by atoms with Crippen LogP contribution < -0.4 is 18.9 Å². The van der Waals surface area contributed by atoms with Gasteiger partial charge in [0, 0.05) is 30.7 Å². The summed E-state index contributed by atoms with van der Waals surface area (Å²) in [4.78, 5) is 13.8. The van der Waals surface area contributed by atoms with Crippen molar-refractivity contribution >= 4 is 17.6 Å². The van der Waals surface area contributed by atoms with Crippen molar-refractivity contribution in [3.8, 4) is 34.1 Å². The number of ether oxygens (including phenoxy) is 4. The molecule has 0 unspecified atom stereocenters. The van der Waals surface area contributed by atoms with E-state index < -0.39 is 12.0 Å². The van der Waals surface area contributed by atoms with Crippen LogP contribution in [0.15, 0.2) is 48.5 Å². The first-order chi connectivity index (χ1) is 20.3. The molecule has 0 aliphatic carbocycles. The average molecular weight is 596 g/mol. The Hall–Kier alpha value is -3.46. The van der Waals surface area contributed by atoms with Crippen LogP contribution in [0.4, 0.5) is 0 Å². The molecule has 8 nitrogen and oxygen atoms in total. The molecule has 1 fully saturated rings. The lowest BCUT2D eigenvalue weighted by Crippen LogP contribution is -2.44. The lowest BCUT2D eigenvalue weighted by atomic mass is 9.96. The molecule has 2 N–H and O–H groups in total. The number of aliphatic hydroxyl groups excluding tert-OH is 1. The van der Waals surface area contributed by atoms with E-state index in [1.54, 1.807) is 6.07 Å². The second kappa shape index (κ2) is 13.7. The molecule has 9 heteroatoms. The minimum atomic E-state index is -0.814. The molecule has 0 spiro atoms. The molecule has 224 valence electrons. The first kappa shape index (κ1) is 30.0. The maximum atomic E-state index is 11.9. The zero-order chi connectivity index (χ0) is 29.6. The Labute approximate surface area is 251 Å². The molecule has 3 aromatic rings. The van der Waals surface area contributed by atoms with E-state index in [0.29, 0.717) is 62.5 Å². The van der Waals surface area contributed by atoms with Crippen molar-refractivity contribution in [1.82, 2.24) is 4.90 Å². The highest BCUT2D eigenvalue weighted by molar-refractivity contribution is 6.32. The Morgan fingerprint density at radius 3 is 2.64 bits per heavy atom. The fraction of sp³-hybridized carbons (Fsp3) is 0.424. The summed E-state index contributed by atoms with van der Waals surface area (Å²) in [6.45, 7) is 6.75. The Kier molecular flexibility index (Phi) is 9.77. The molecular weight excluding hydrogens is 558 g/mol. The van der Waals surface area contributed by atoms with Crippen LogP contribution in [0, 0.1) is 12.8 Å². The van der Waals surface area contributed by atoms with Gasteiger partial charge in [0.15, 0.2) is 11.5 Å². The summed E-state index contributed by atoms with van der Waals surface area (Å²) in [7, 11) is 0. The van der Waals surface area contributed by atoms with Crippen molar-refractivity contribution in [2.45, 2.75) is 52.3 Å². The van der Waals surface area contributed by atoms with Gasteiger partial charge >= 0.3 is 5.97 Å². The monoisotopic (exact) mass is 595 g/mol. The van der Waals surface area contributed by atoms with Crippen LogP contribution >= 0.6 is 11.6 Å². The number of halogens is 1. The number of piperidine rings is 1. The number of fused-ring (bicyclic) bond motifs is 1. The van der Waals surface area contributed by atoms with Gasteiger partial charge in [-0.3, -0.25) is 9.69 Å². The van der Waals surface area contributed by atoms with Gasteiger partial charge in [-0.2, -0.15) is 0 Å². The highest BCUT2D eigenvalue weighted by Gasteiger charge is 2.29. The van der Waals surface area contributed by atoms with Gasteiger partial charge in [0.25, 0.3) is 0 Å². The van der Waals surface area contributed by atoms with E-state index in [-0.39, 0.29) is 12.5 Å². The molecule has 3 aromatic carbocycles. The molecule has 2 heterocycles. The van der Waals surface area contributed by atoms with Gasteiger partial charge in [-0.25, -0.2) is 0 Å². The molecule has 42 heavy (non-hydrogen) atoms. The lowest BCUT2D eigenvalue weighted by molar-refractivity contribution is -0.144. The van der Waals surface area contributed by atoms with Gasteiger partial charge in [0.05, 0.1) is 11.6 Å². The van der Waals surface area contributed by atoms with Crippen LogP contribution in [0.1, 0.15) is 42.9 Å². The van der Waals surface area contributed by atoms with Gasteiger partial charge in [-0.15, -0.1) is 0 Å². The summed E-state index contributed by atoms with van der Waals surface area (Å²) in [5.41, 5.74) is 5.00. The molecule has 0 aromatic heterocycles. The number of carboxylic acids is 1. The lowest BCUT2D eigenvalue weighted by Gasteiger charge is -2.33. The largest absolute Gasteiger partial charge is 0.493 e. The Morgan fingerprint density at radius 1 is 1.05 bits per heavy atom. The number of aliphatic carboxylic acids is 1. The van der Waals surface area contributed by atoms with Crippen molar-refractivity contribution in [1.29, 1.82) is 0 Å². The fourth-order valence-electron chi connectivity index (χ4n) is 5.43. The third kappa shape index (κ3) is 6.94. The van der Waals surface area contributed by atoms with Crippen molar-refractivity contribution in [2.75, 3.05) is 33.0 Å². The summed E-state index contributed by atoms with van der Waals surface area (Å²) in [5.74, 6) is 1.67. The van der Waals surface area contributed by atoms with Crippen LogP contribution in [0.5, 0.6) is 23.0 Å². The van der Waals surface area contributed by atoms with Crippen molar-refractivity contribution < 1.29 is 34.0 Å². The molecule has 1 saturated heterocycles. The summed E-state index contributed by atoms with van der Waals surface area (Å²) in [5, 5.41) is 19.7. The number of hydrogen-bond acceptors (Lipinski definition) is 7. The van der Waals surface area contributed by atoms with Gasteiger partial charge in [-0.05, 0) is 66.8 Å². The summed E-state index contributed by atoms with van der Waals surface area (Å²) >= 11 is 6.73. The molecule has 2 aliphatic heterocycles. The van der Waals surface area contributed by atoms with Crippen LogP contribution in [-0.4, -0.2) is 60.1 Å².